The first kappa shape index (κ1) is 15.8. The van der Waals surface area contributed by atoms with E-state index >= 15 is 0 Å². The third kappa shape index (κ3) is 4.12. The van der Waals surface area contributed by atoms with Gasteiger partial charge in [-0.15, -0.1) is 0 Å². The summed E-state index contributed by atoms with van der Waals surface area (Å²) in [6.07, 6.45) is 1.62. The van der Waals surface area contributed by atoms with Gasteiger partial charge in [0.15, 0.2) is 0 Å². The highest BCUT2D eigenvalue weighted by molar-refractivity contribution is 6.13. The fraction of sp³-hybridized carbons (Fsp3) is 0.333. The van der Waals surface area contributed by atoms with Crippen molar-refractivity contribution in [2.24, 2.45) is 5.92 Å². The molecule has 0 aliphatic rings. The lowest BCUT2D eigenvalue weighted by Crippen LogP contribution is -2.41. The molecule has 0 aliphatic carbocycles. The second kappa shape index (κ2) is 6.75. The van der Waals surface area contributed by atoms with Crippen molar-refractivity contribution < 1.29 is 9.59 Å². The molecule has 0 unspecified atom stereocenters. The maximum absolute atomic E-state index is 12.1. The van der Waals surface area contributed by atoms with Crippen LogP contribution in [0.3, 0.4) is 0 Å². The van der Waals surface area contributed by atoms with Crippen molar-refractivity contribution in [3.63, 3.8) is 0 Å². The van der Waals surface area contributed by atoms with Crippen molar-refractivity contribution in [3.8, 4) is 0 Å². The molecule has 0 atom stereocenters. The molecule has 20 heavy (non-hydrogen) atoms. The molecule has 3 amide bonds. The van der Waals surface area contributed by atoms with Crippen LogP contribution >= 0.6 is 0 Å². The Bertz CT molecular complexity index is 536. The van der Waals surface area contributed by atoms with Gasteiger partial charge >= 0.3 is 6.03 Å². The minimum atomic E-state index is -0.497. The van der Waals surface area contributed by atoms with Crippen molar-refractivity contribution >= 4 is 23.3 Å². The largest absolute Gasteiger partial charge is 0.399 e. The topological polar surface area (TPSA) is 75.4 Å². The van der Waals surface area contributed by atoms with E-state index in [1.54, 1.807) is 30.5 Å². The van der Waals surface area contributed by atoms with Gasteiger partial charge in [0.25, 0.3) is 0 Å². The third-order valence-corrected chi connectivity index (χ3v) is 2.98. The zero-order valence-corrected chi connectivity index (χ0v) is 12.3. The van der Waals surface area contributed by atoms with Gasteiger partial charge in [-0.1, -0.05) is 25.5 Å². The Hall–Kier alpha value is -2.30. The van der Waals surface area contributed by atoms with Crippen LogP contribution in [-0.2, 0) is 4.79 Å². The molecule has 0 aromatic heterocycles. The van der Waals surface area contributed by atoms with E-state index in [2.05, 4.69) is 5.32 Å². The first-order valence-corrected chi connectivity index (χ1v) is 6.46. The number of urea groups is 1. The van der Waals surface area contributed by atoms with Gasteiger partial charge in [0.2, 0.25) is 5.91 Å². The number of hydrogen-bond donors (Lipinski definition) is 2. The summed E-state index contributed by atoms with van der Waals surface area (Å²) >= 11 is 0. The highest BCUT2D eigenvalue weighted by Crippen LogP contribution is 2.18. The summed E-state index contributed by atoms with van der Waals surface area (Å²) in [5.74, 6) is -0.0443. The maximum atomic E-state index is 12.1. The summed E-state index contributed by atoms with van der Waals surface area (Å²) in [5.41, 5.74) is 7.65. The lowest BCUT2D eigenvalue weighted by atomic mass is 10.1. The van der Waals surface area contributed by atoms with E-state index in [1.807, 2.05) is 20.8 Å². The maximum Gasteiger partial charge on any atom is 0.332 e. The Morgan fingerprint density at radius 2 is 1.95 bits per heavy atom. The van der Waals surface area contributed by atoms with Crippen LogP contribution in [0.4, 0.5) is 16.2 Å². The van der Waals surface area contributed by atoms with E-state index < -0.39 is 6.03 Å². The second-order valence-electron chi connectivity index (χ2n) is 4.94. The molecule has 5 heteroatoms. The fourth-order valence-electron chi connectivity index (χ4n) is 1.51. The van der Waals surface area contributed by atoms with Crippen LogP contribution in [0.25, 0.3) is 0 Å². The molecule has 0 saturated carbocycles. The molecule has 0 bridgehead atoms. The van der Waals surface area contributed by atoms with E-state index in [0.29, 0.717) is 17.3 Å². The van der Waals surface area contributed by atoms with Crippen LogP contribution in [-0.4, -0.2) is 11.9 Å². The van der Waals surface area contributed by atoms with Gasteiger partial charge in [-0.3, -0.25) is 4.79 Å². The molecule has 0 spiro atoms. The molecule has 3 N–H and O–H groups in total. The van der Waals surface area contributed by atoms with Gasteiger partial charge in [-0.05, 0) is 31.0 Å². The van der Waals surface area contributed by atoms with Gasteiger partial charge in [-0.2, -0.15) is 0 Å². The Kier molecular flexibility index (Phi) is 5.32. The molecule has 0 radical (unpaired) electrons. The first-order chi connectivity index (χ1) is 9.32. The number of nitrogens with two attached hydrogens (primary N) is 1. The number of anilines is 2. The van der Waals surface area contributed by atoms with Crippen LogP contribution in [0.15, 0.2) is 36.0 Å². The zero-order chi connectivity index (χ0) is 15.3. The minimum absolute atomic E-state index is 0.327. The molecular weight excluding hydrogens is 254 g/mol. The monoisotopic (exact) mass is 275 g/mol. The standard InChI is InChI=1S/C15H21N3O2/c1-10(2)11(3)9-17-15(20)18(12(4)19)14-7-5-6-13(16)8-14/h5-10H,16H2,1-4H3,(H,17,20)/b11-9+. The molecule has 1 aromatic rings. The highest BCUT2D eigenvalue weighted by atomic mass is 16.2. The Morgan fingerprint density at radius 3 is 2.45 bits per heavy atom. The number of nitrogens with zero attached hydrogens (tertiary/aromatic N) is 1. The first-order valence-electron chi connectivity index (χ1n) is 6.46. The van der Waals surface area contributed by atoms with Crippen LogP contribution in [0.5, 0.6) is 0 Å². The van der Waals surface area contributed by atoms with E-state index in [4.69, 9.17) is 5.73 Å². The molecule has 1 rings (SSSR count). The second-order valence-corrected chi connectivity index (χ2v) is 4.94. The number of benzene rings is 1. The number of amides is 3. The van der Waals surface area contributed by atoms with Crippen LogP contribution in [0, 0.1) is 5.92 Å². The van der Waals surface area contributed by atoms with Gasteiger partial charge in [0.05, 0.1) is 5.69 Å². The van der Waals surface area contributed by atoms with Crippen LogP contribution in [0.1, 0.15) is 27.7 Å². The van der Waals surface area contributed by atoms with Crippen molar-refractivity contribution in [3.05, 3.63) is 36.0 Å². The van der Waals surface area contributed by atoms with Crippen LogP contribution < -0.4 is 16.0 Å². The molecule has 108 valence electrons. The predicted molar refractivity (Wildman–Crippen MR) is 81.1 cm³/mol. The number of rotatable bonds is 3. The highest BCUT2D eigenvalue weighted by Gasteiger charge is 2.19. The van der Waals surface area contributed by atoms with E-state index in [0.717, 1.165) is 10.5 Å². The molecule has 1 aromatic carbocycles. The number of carbonyl (C=O) groups excluding carboxylic acids is 2. The quantitative estimate of drug-likeness (QED) is 0.833. The normalized spacial score (nSPS) is 11.3. The van der Waals surface area contributed by atoms with Gasteiger partial charge in [-0.25, -0.2) is 9.69 Å². The van der Waals surface area contributed by atoms with Crippen molar-refractivity contribution in [1.82, 2.24) is 5.32 Å². The Balaban J connectivity index is 2.95. The summed E-state index contributed by atoms with van der Waals surface area (Å²) in [6, 6.07) is 6.14. The van der Waals surface area contributed by atoms with Gasteiger partial charge in [0, 0.05) is 18.8 Å². The molecule has 0 aliphatic heterocycles. The van der Waals surface area contributed by atoms with Crippen LogP contribution in [0.2, 0.25) is 0 Å². The lowest BCUT2D eigenvalue weighted by Gasteiger charge is -2.19. The van der Waals surface area contributed by atoms with Crippen molar-refractivity contribution in [2.45, 2.75) is 27.7 Å². The van der Waals surface area contributed by atoms with Crippen molar-refractivity contribution in [1.29, 1.82) is 0 Å². The number of nitrogens with one attached hydrogen (secondary N) is 1. The molecule has 0 fully saturated rings. The number of hydrogen-bond acceptors (Lipinski definition) is 3. The van der Waals surface area contributed by atoms with Gasteiger partial charge < -0.3 is 11.1 Å². The predicted octanol–water partition coefficient (Wildman–Crippen LogP) is 2.89. The molecule has 0 heterocycles. The van der Waals surface area contributed by atoms with Gasteiger partial charge in [0.1, 0.15) is 0 Å². The summed E-state index contributed by atoms with van der Waals surface area (Å²) in [6.45, 7) is 7.31. The average molecular weight is 275 g/mol. The summed E-state index contributed by atoms with van der Waals surface area (Å²) < 4.78 is 0. The van der Waals surface area contributed by atoms with E-state index in [1.165, 1.54) is 6.92 Å². The van der Waals surface area contributed by atoms with E-state index in [9.17, 15) is 9.59 Å². The summed E-state index contributed by atoms with van der Waals surface area (Å²) in [7, 11) is 0. The van der Waals surface area contributed by atoms with E-state index in [-0.39, 0.29) is 5.91 Å². The molecule has 5 nitrogen and oxygen atoms in total. The van der Waals surface area contributed by atoms with Crippen molar-refractivity contribution in [2.75, 3.05) is 10.6 Å². The smallest absolute Gasteiger partial charge is 0.332 e. The molecule has 0 saturated heterocycles. The zero-order valence-electron chi connectivity index (χ0n) is 12.3. The SMILES string of the molecule is CC(=O)N(C(=O)N/C=C(\C)C(C)C)c1cccc(N)c1. The lowest BCUT2D eigenvalue weighted by molar-refractivity contribution is -0.115. The summed E-state index contributed by atoms with van der Waals surface area (Å²) in [5, 5.41) is 2.63. The number of nitrogen functional groups attached to an aromatic ring is 1. The number of allylic oxidation sites excluding steroid dienone is 1. The average Bonchev–Trinajstić information content (AvgIpc) is 2.35. The Labute approximate surface area is 119 Å². The minimum Gasteiger partial charge on any atom is -0.399 e. The molecular formula is C15H21N3O2. The Morgan fingerprint density at radius 1 is 1.30 bits per heavy atom. The number of imide groups is 1. The summed E-state index contributed by atoms with van der Waals surface area (Å²) in [4.78, 5) is 24.9. The third-order valence-electron chi connectivity index (χ3n) is 2.98. The fourth-order valence-corrected chi connectivity index (χ4v) is 1.51. The number of carbonyl (C=O) groups is 2.